The SMILES string of the molecule is CCC(CC)C(=O)/C=C(\O)C(CC)CC.Cc1[c-]c(-c2nccc3cc(C(C)C)ccc23)cc(C)c1.Cc1[c-]c(-c2nccc3cc(C4CC5CCC4C5)ccc23)cc(C)c1.[Ir]. The van der Waals surface area contributed by atoms with Gasteiger partial charge in [0.25, 0.3) is 0 Å². The van der Waals surface area contributed by atoms with E-state index in [4.69, 9.17) is 4.98 Å². The zero-order valence-electron chi connectivity index (χ0n) is 38.9. The van der Waals surface area contributed by atoms with Crippen molar-refractivity contribution in [1.82, 2.24) is 9.97 Å². The third kappa shape index (κ3) is 11.8. The first kappa shape index (κ1) is 48.6. The minimum absolute atomic E-state index is 0. The van der Waals surface area contributed by atoms with Gasteiger partial charge in [-0.2, -0.15) is 0 Å². The van der Waals surface area contributed by atoms with Crippen molar-refractivity contribution in [2.45, 2.75) is 132 Å². The third-order valence-corrected chi connectivity index (χ3v) is 13.3. The molecule has 8 rings (SSSR count). The molecule has 2 aliphatic carbocycles. The van der Waals surface area contributed by atoms with Crippen molar-refractivity contribution in [1.29, 1.82) is 0 Å². The van der Waals surface area contributed by atoms with Crippen LogP contribution in [0.1, 0.15) is 138 Å². The molecule has 1 radical (unpaired) electrons. The minimum atomic E-state index is 0. The predicted molar refractivity (Wildman–Crippen MR) is 257 cm³/mol. The summed E-state index contributed by atoms with van der Waals surface area (Å²) in [4.78, 5) is 21.0. The second-order valence-corrected chi connectivity index (χ2v) is 18.2. The van der Waals surface area contributed by atoms with Gasteiger partial charge in [-0.25, -0.2) is 0 Å². The van der Waals surface area contributed by atoms with Crippen LogP contribution in [-0.4, -0.2) is 20.9 Å². The average molecular weight is 1010 g/mol. The van der Waals surface area contributed by atoms with Crippen molar-refractivity contribution >= 4 is 27.3 Å². The van der Waals surface area contributed by atoms with E-state index in [0.29, 0.717) is 5.92 Å². The number of ketones is 1. The molecule has 3 atom stereocenters. The number of aliphatic hydroxyl groups is 1. The van der Waals surface area contributed by atoms with Gasteiger partial charge in [-0.05, 0) is 125 Å². The predicted octanol–water partition coefficient (Wildman–Crippen LogP) is 15.5. The summed E-state index contributed by atoms with van der Waals surface area (Å²) in [6.07, 6.45) is 14.5. The van der Waals surface area contributed by atoms with Crippen LogP contribution in [0.5, 0.6) is 0 Å². The zero-order valence-corrected chi connectivity index (χ0v) is 41.3. The van der Waals surface area contributed by atoms with E-state index in [-0.39, 0.29) is 43.5 Å². The molecule has 0 aliphatic heterocycles. The van der Waals surface area contributed by atoms with Crippen LogP contribution < -0.4 is 0 Å². The van der Waals surface area contributed by atoms with E-state index >= 15 is 0 Å². The first-order valence-electron chi connectivity index (χ1n) is 23.1. The van der Waals surface area contributed by atoms with Gasteiger partial charge in [-0.1, -0.05) is 112 Å². The van der Waals surface area contributed by atoms with Crippen LogP contribution >= 0.6 is 0 Å². The summed E-state index contributed by atoms with van der Waals surface area (Å²) in [5.74, 6) is 3.79. The maximum atomic E-state index is 11.7. The van der Waals surface area contributed by atoms with Crippen molar-refractivity contribution in [3.8, 4) is 22.5 Å². The van der Waals surface area contributed by atoms with Crippen molar-refractivity contribution in [2.75, 3.05) is 0 Å². The molecule has 2 saturated carbocycles. The number of hydrogen-bond acceptors (Lipinski definition) is 4. The van der Waals surface area contributed by atoms with E-state index in [9.17, 15) is 9.90 Å². The molecule has 0 amide bonds. The van der Waals surface area contributed by atoms with E-state index in [2.05, 4.69) is 131 Å². The number of aromatic nitrogens is 2. The largest absolute Gasteiger partial charge is 0.512 e. The maximum absolute atomic E-state index is 11.7. The van der Waals surface area contributed by atoms with E-state index < -0.39 is 0 Å². The molecule has 5 heteroatoms. The summed E-state index contributed by atoms with van der Waals surface area (Å²) in [6.45, 7) is 21.0. The molecule has 0 saturated heterocycles. The van der Waals surface area contributed by atoms with Crippen LogP contribution in [0.3, 0.4) is 0 Å². The van der Waals surface area contributed by atoms with Crippen molar-refractivity contribution in [2.24, 2.45) is 23.7 Å². The van der Waals surface area contributed by atoms with Crippen LogP contribution in [0.2, 0.25) is 0 Å². The van der Waals surface area contributed by atoms with Gasteiger partial charge in [0.15, 0.2) is 5.78 Å². The zero-order chi connectivity index (χ0) is 43.8. The molecule has 1 N–H and O–H groups in total. The Morgan fingerprint density at radius 1 is 0.694 bits per heavy atom. The number of nitrogens with zero attached hydrogens (tertiary/aromatic N) is 2. The van der Waals surface area contributed by atoms with Gasteiger partial charge in [0.2, 0.25) is 0 Å². The van der Waals surface area contributed by atoms with Gasteiger partial charge in [-0.3, -0.25) is 4.79 Å². The molecule has 2 fully saturated rings. The molecular weight excluding hydrogens is 937 g/mol. The number of hydrogen-bond donors (Lipinski definition) is 1. The monoisotopic (exact) mass is 1010 g/mol. The number of rotatable bonds is 11. The number of benzene rings is 4. The molecule has 62 heavy (non-hydrogen) atoms. The van der Waals surface area contributed by atoms with Crippen LogP contribution in [-0.2, 0) is 24.9 Å². The quantitative estimate of drug-likeness (QED) is 0.0798. The van der Waals surface area contributed by atoms with Crippen molar-refractivity contribution < 1.29 is 30.0 Å². The van der Waals surface area contributed by atoms with Crippen LogP contribution in [0, 0.1) is 63.5 Å². The molecule has 2 aliphatic rings. The Balaban J connectivity index is 0.000000181. The normalized spacial score (nSPS) is 16.9. The topological polar surface area (TPSA) is 63.1 Å². The van der Waals surface area contributed by atoms with Crippen molar-refractivity contribution in [3.63, 3.8) is 0 Å². The number of aliphatic hydroxyl groups excluding tert-OH is 1. The Kier molecular flexibility index (Phi) is 17.4. The number of aryl methyl sites for hydroxylation is 4. The molecule has 6 aromatic rings. The standard InChI is InChI=1S/C24H24N.C20H20N.C13H24O2.Ir/c1-15-9-16(2)11-21(10-15)24-22-6-5-19(14-20(22)7-8-25-24)23-13-17-3-4-18(23)12-17;1-13(2)16-5-6-19-17(12-16)7-8-21-20(19)18-10-14(3)9-15(4)11-18;1-5-10(6-2)12(14)9-13(15)11(7-3)8-4;/h5-10,14,17-18,23H,3-4,12-13H2,1-2H3;5-10,12-13H,1-4H3;9-11,14H,5-8H2,1-4H3;/q2*-1;;/b;;12-9-;. The van der Waals surface area contributed by atoms with Gasteiger partial charge < -0.3 is 15.1 Å². The van der Waals surface area contributed by atoms with Gasteiger partial charge >= 0.3 is 0 Å². The number of carbonyl (C=O) groups is 1. The fourth-order valence-electron chi connectivity index (χ4n) is 9.89. The van der Waals surface area contributed by atoms with E-state index in [0.717, 1.165) is 71.5 Å². The fraction of sp³-hybridized carbons (Fsp3) is 0.421. The summed E-state index contributed by atoms with van der Waals surface area (Å²) >= 11 is 0. The van der Waals surface area contributed by atoms with E-state index in [1.165, 1.54) is 75.6 Å². The van der Waals surface area contributed by atoms with Gasteiger partial charge in [0.05, 0.1) is 5.76 Å². The molecule has 2 bridgehead atoms. The Labute approximate surface area is 386 Å². The second-order valence-electron chi connectivity index (χ2n) is 18.2. The van der Waals surface area contributed by atoms with Crippen LogP contribution in [0.25, 0.3) is 44.1 Å². The molecule has 4 nitrogen and oxygen atoms in total. The fourth-order valence-corrected chi connectivity index (χ4v) is 9.89. The number of allylic oxidation sites excluding steroid dienone is 2. The smallest absolute Gasteiger partial charge is 0.162 e. The minimum Gasteiger partial charge on any atom is -0.512 e. The summed E-state index contributed by atoms with van der Waals surface area (Å²) < 4.78 is 0. The Hall–Kier alpha value is -4.44. The third-order valence-electron chi connectivity index (χ3n) is 13.3. The molecular formula is C57H68IrN2O2-2. The molecule has 0 spiro atoms. The Morgan fingerprint density at radius 2 is 1.23 bits per heavy atom. The molecule has 2 aromatic heterocycles. The summed E-state index contributed by atoms with van der Waals surface area (Å²) in [6, 6.07) is 33.6. The first-order chi connectivity index (χ1) is 29.3. The molecule has 4 aromatic carbocycles. The molecule has 3 unspecified atom stereocenters. The van der Waals surface area contributed by atoms with Crippen LogP contribution in [0.15, 0.2) is 97.0 Å². The van der Waals surface area contributed by atoms with Gasteiger partial charge in [0, 0.05) is 50.4 Å². The summed E-state index contributed by atoms with van der Waals surface area (Å²) in [5, 5.41) is 14.8. The van der Waals surface area contributed by atoms with Gasteiger partial charge in [-0.15, -0.1) is 69.8 Å². The average Bonchev–Trinajstić information content (AvgIpc) is 3.88. The number of carbonyl (C=O) groups excluding carboxylic acids is 1. The van der Waals surface area contributed by atoms with Gasteiger partial charge in [0.1, 0.15) is 0 Å². The molecule has 2 heterocycles. The summed E-state index contributed by atoms with van der Waals surface area (Å²) in [7, 11) is 0. The Morgan fingerprint density at radius 3 is 1.69 bits per heavy atom. The second kappa shape index (κ2) is 22.3. The van der Waals surface area contributed by atoms with Crippen molar-refractivity contribution in [3.05, 3.63) is 143 Å². The van der Waals surface area contributed by atoms with E-state index in [1.54, 1.807) is 5.56 Å². The Bertz CT molecular complexity index is 2440. The number of fused-ring (bicyclic) bond motifs is 4. The first-order valence-corrected chi connectivity index (χ1v) is 23.1. The summed E-state index contributed by atoms with van der Waals surface area (Å²) in [5.41, 5.74) is 12.0. The maximum Gasteiger partial charge on any atom is 0.162 e. The number of pyridine rings is 2. The van der Waals surface area contributed by atoms with E-state index in [1.807, 2.05) is 40.1 Å². The van der Waals surface area contributed by atoms with Crippen LogP contribution in [0.4, 0.5) is 0 Å². The molecule has 329 valence electrons.